The molecule has 1 radical (unpaired) electrons. The summed E-state index contributed by atoms with van der Waals surface area (Å²) in [6.07, 6.45) is 6.37. The van der Waals surface area contributed by atoms with Gasteiger partial charge in [-0.1, -0.05) is 20.8 Å². The van der Waals surface area contributed by atoms with Crippen LogP contribution in [0.3, 0.4) is 0 Å². The van der Waals surface area contributed by atoms with E-state index in [0.717, 1.165) is 12.8 Å². The molecule has 20 heavy (non-hydrogen) atoms. The van der Waals surface area contributed by atoms with Crippen LogP contribution in [0.2, 0.25) is 0 Å². The van der Waals surface area contributed by atoms with Gasteiger partial charge in [0.15, 0.2) is 0 Å². The van der Waals surface area contributed by atoms with Crippen molar-refractivity contribution in [1.82, 2.24) is 4.98 Å². The van der Waals surface area contributed by atoms with Crippen LogP contribution in [0.25, 0.3) is 0 Å². The Kier molecular flexibility index (Phi) is 7.79. The Bertz CT molecular complexity index is 425. The van der Waals surface area contributed by atoms with Gasteiger partial charge in [0.2, 0.25) is 0 Å². The van der Waals surface area contributed by atoms with Gasteiger partial charge in [0, 0.05) is 29.5 Å². The number of aromatic nitrogens is 1. The van der Waals surface area contributed by atoms with Crippen LogP contribution in [-0.2, 0) is 21.8 Å². The summed E-state index contributed by atoms with van der Waals surface area (Å²) in [5.74, 6) is 0.360. The third-order valence-electron chi connectivity index (χ3n) is 3.52. The van der Waals surface area contributed by atoms with Crippen molar-refractivity contribution in [3.05, 3.63) is 30.1 Å². The standard InChI is InChI=1S/C15H21NO2.ClH.Mn/c1-11-7-13(9-15(2,3)8-11)18-14(17)12-5-4-6-16-10-12;;/h4-6,10-11,13H,7-9H2,1-3H3;1H;/t11-,13-;;/m1../s1. The summed E-state index contributed by atoms with van der Waals surface area (Å²) in [4.78, 5) is 15.9. The number of rotatable bonds is 2. The summed E-state index contributed by atoms with van der Waals surface area (Å²) in [6, 6.07) is 3.50. The van der Waals surface area contributed by atoms with Crippen LogP contribution in [0.5, 0.6) is 0 Å². The van der Waals surface area contributed by atoms with E-state index >= 15 is 0 Å². The Morgan fingerprint density at radius 3 is 2.65 bits per heavy atom. The predicted octanol–water partition coefficient (Wildman–Crippen LogP) is 3.87. The van der Waals surface area contributed by atoms with Crippen molar-refractivity contribution < 1.29 is 26.6 Å². The number of halogens is 1. The number of carbonyl (C=O) groups excluding carboxylic acids is 1. The fourth-order valence-electron chi connectivity index (χ4n) is 3.05. The second-order valence-electron chi connectivity index (χ2n) is 6.18. The first-order chi connectivity index (χ1) is 8.46. The Hall–Kier alpha value is -0.571. The van der Waals surface area contributed by atoms with Crippen molar-refractivity contribution in [2.24, 2.45) is 11.3 Å². The maximum atomic E-state index is 12.0. The van der Waals surface area contributed by atoms with E-state index in [1.807, 2.05) is 0 Å². The maximum Gasteiger partial charge on any atom is 0.339 e. The van der Waals surface area contributed by atoms with E-state index in [1.54, 1.807) is 24.5 Å². The summed E-state index contributed by atoms with van der Waals surface area (Å²) < 4.78 is 5.60. The van der Waals surface area contributed by atoms with Crippen molar-refractivity contribution in [3.63, 3.8) is 0 Å². The molecule has 0 amide bonds. The van der Waals surface area contributed by atoms with Crippen LogP contribution in [-0.4, -0.2) is 17.1 Å². The maximum absolute atomic E-state index is 12.0. The van der Waals surface area contributed by atoms with E-state index in [4.69, 9.17) is 4.74 Å². The van der Waals surface area contributed by atoms with Crippen molar-refractivity contribution in [2.45, 2.75) is 46.1 Å². The van der Waals surface area contributed by atoms with Gasteiger partial charge in [-0.05, 0) is 42.7 Å². The largest absolute Gasteiger partial charge is 0.459 e. The van der Waals surface area contributed by atoms with Crippen molar-refractivity contribution in [1.29, 1.82) is 0 Å². The summed E-state index contributed by atoms with van der Waals surface area (Å²) in [5.41, 5.74) is 0.797. The van der Waals surface area contributed by atoms with Gasteiger partial charge in [0.1, 0.15) is 6.10 Å². The Morgan fingerprint density at radius 2 is 2.10 bits per heavy atom. The van der Waals surface area contributed by atoms with Crippen LogP contribution in [0.4, 0.5) is 0 Å². The molecule has 0 N–H and O–H groups in total. The minimum Gasteiger partial charge on any atom is -0.459 e. The quantitative estimate of drug-likeness (QED) is 0.607. The Labute approximate surface area is 137 Å². The number of carbonyl (C=O) groups is 1. The molecular formula is C15H22ClMnNO2. The van der Waals surface area contributed by atoms with E-state index in [1.165, 1.54) is 6.42 Å². The molecule has 113 valence electrons. The molecule has 2 rings (SSSR count). The molecule has 0 saturated heterocycles. The van der Waals surface area contributed by atoms with Crippen LogP contribution in [0, 0.1) is 11.3 Å². The molecule has 1 fully saturated rings. The number of hydrogen-bond donors (Lipinski definition) is 0. The van der Waals surface area contributed by atoms with E-state index in [-0.39, 0.29) is 47.0 Å². The summed E-state index contributed by atoms with van der Waals surface area (Å²) in [7, 11) is 0. The minimum absolute atomic E-state index is 0. The molecule has 1 aliphatic rings. The number of hydrogen-bond acceptors (Lipinski definition) is 3. The van der Waals surface area contributed by atoms with Gasteiger partial charge in [-0.3, -0.25) is 4.98 Å². The zero-order valence-corrected chi connectivity index (χ0v) is 14.1. The smallest absolute Gasteiger partial charge is 0.339 e. The molecule has 0 aromatic carbocycles. The summed E-state index contributed by atoms with van der Waals surface area (Å²) in [5, 5.41) is 0. The van der Waals surface area contributed by atoms with Gasteiger partial charge in [-0.2, -0.15) is 0 Å². The topological polar surface area (TPSA) is 39.2 Å². The first-order valence-electron chi connectivity index (χ1n) is 6.57. The molecule has 1 aromatic rings. The summed E-state index contributed by atoms with van der Waals surface area (Å²) >= 11 is 0. The molecule has 5 heteroatoms. The van der Waals surface area contributed by atoms with Gasteiger partial charge in [0.05, 0.1) is 5.56 Å². The zero-order chi connectivity index (χ0) is 13.2. The molecule has 0 bridgehead atoms. The molecule has 1 saturated carbocycles. The molecule has 1 aromatic heterocycles. The van der Waals surface area contributed by atoms with Crippen LogP contribution >= 0.6 is 12.4 Å². The van der Waals surface area contributed by atoms with Crippen LogP contribution < -0.4 is 0 Å². The second-order valence-corrected chi connectivity index (χ2v) is 6.18. The van der Waals surface area contributed by atoms with Crippen molar-refractivity contribution in [2.75, 3.05) is 0 Å². The molecule has 1 aliphatic carbocycles. The van der Waals surface area contributed by atoms with Gasteiger partial charge in [-0.15, -0.1) is 12.4 Å². The van der Waals surface area contributed by atoms with Gasteiger partial charge in [-0.25, -0.2) is 4.79 Å². The van der Waals surface area contributed by atoms with E-state index in [9.17, 15) is 4.79 Å². The number of nitrogens with zero attached hydrogens (tertiary/aromatic N) is 1. The molecule has 0 unspecified atom stereocenters. The predicted molar refractivity (Wildman–Crippen MR) is 77.5 cm³/mol. The molecular weight excluding hydrogens is 317 g/mol. The molecule has 1 heterocycles. The first kappa shape index (κ1) is 19.4. The summed E-state index contributed by atoms with van der Waals surface area (Å²) in [6.45, 7) is 6.72. The Morgan fingerprint density at radius 1 is 1.40 bits per heavy atom. The van der Waals surface area contributed by atoms with Crippen molar-refractivity contribution in [3.8, 4) is 0 Å². The zero-order valence-electron chi connectivity index (χ0n) is 12.1. The fraction of sp³-hybridized carbons (Fsp3) is 0.600. The second kappa shape index (κ2) is 8.02. The number of pyridine rings is 1. The van der Waals surface area contributed by atoms with Crippen LogP contribution in [0.1, 0.15) is 50.4 Å². The first-order valence-corrected chi connectivity index (χ1v) is 6.57. The van der Waals surface area contributed by atoms with E-state index in [0.29, 0.717) is 11.5 Å². The van der Waals surface area contributed by atoms with Gasteiger partial charge < -0.3 is 4.74 Å². The SMILES string of the molecule is C[C@@H]1C[C@@H](OC(=O)c2cccnc2)CC(C)(C)C1.Cl.[Mn]. The number of ether oxygens (including phenoxy) is 1. The van der Waals surface area contributed by atoms with E-state index < -0.39 is 0 Å². The third-order valence-corrected chi connectivity index (χ3v) is 3.52. The van der Waals surface area contributed by atoms with Crippen molar-refractivity contribution >= 4 is 18.4 Å². The van der Waals surface area contributed by atoms with E-state index in [2.05, 4.69) is 25.8 Å². The number of esters is 1. The Balaban J connectivity index is 0.00000180. The minimum atomic E-state index is -0.252. The normalized spacial score (nSPS) is 23.9. The molecule has 3 nitrogen and oxygen atoms in total. The average molecular weight is 339 g/mol. The van der Waals surface area contributed by atoms with Gasteiger partial charge >= 0.3 is 5.97 Å². The van der Waals surface area contributed by atoms with Gasteiger partial charge in [0.25, 0.3) is 0 Å². The molecule has 0 spiro atoms. The third kappa shape index (κ3) is 5.43. The van der Waals surface area contributed by atoms with Crippen LogP contribution in [0.15, 0.2) is 24.5 Å². The average Bonchev–Trinajstić information content (AvgIpc) is 2.27. The monoisotopic (exact) mass is 338 g/mol. The molecule has 2 atom stereocenters. The fourth-order valence-corrected chi connectivity index (χ4v) is 3.05. The molecule has 0 aliphatic heterocycles.